The predicted molar refractivity (Wildman–Crippen MR) is 84.4 cm³/mol. The summed E-state index contributed by atoms with van der Waals surface area (Å²) in [7, 11) is 1.61. The number of hydrogen-bond donors (Lipinski definition) is 0. The van der Waals surface area contributed by atoms with Crippen LogP contribution in [0.4, 0.5) is 0 Å². The lowest BCUT2D eigenvalue weighted by molar-refractivity contribution is 0.0287. The lowest BCUT2D eigenvalue weighted by atomic mass is 10.1. The van der Waals surface area contributed by atoms with E-state index in [1.54, 1.807) is 36.2 Å². The number of methoxy groups -OCH3 is 1. The molecule has 23 heavy (non-hydrogen) atoms. The van der Waals surface area contributed by atoms with Crippen molar-refractivity contribution in [3.05, 3.63) is 60.0 Å². The lowest BCUT2D eigenvalue weighted by Gasteiger charge is -2.17. The molecule has 0 saturated carbocycles. The number of ether oxygens (including phenoxy) is 2. The van der Waals surface area contributed by atoms with Crippen LogP contribution in [0.2, 0.25) is 0 Å². The highest BCUT2D eigenvalue weighted by Gasteiger charge is 2.17. The second-order valence-corrected chi connectivity index (χ2v) is 5.09. The second kappa shape index (κ2) is 6.48. The topological polar surface area (TPSA) is 65.7 Å². The van der Waals surface area contributed by atoms with Gasteiger partial charge < -0.3 is 9.47 Å². The molecule has 1 atom stereocenters. The number of hydrogen-bond acceptors (Lipinski definition) is 5. The van der Waals surface area contributed by atoms with Gasteiger partial charge in [0, 0.05) is 6.20 Å². The van der Waals surface area contributed by atoms with Crippen molar-refractivity contribution >= 4 is 11.6 Å². The standard InChI is InChI=1S/C17H17N3O3/c1-3-15(12-5-4-6-14(9-12)22-2)23-17(21)13-7-8-16-19-18-11-20(16)10-13/h4-11,15H,3H2,1-2H3/t15-/m1/s1. The minimum atomic E-state index is -0.379. The van der Waals surface area contributed by atoms with Crippen LogP contribution in [-0.4, -0.2) is 27.7 Å². The number of pyridine rings is 1. The molecule has 2 heterocycles. The third-order valence-corrected chi connectivity index (χ3v) is 3.61. The Morgan fingerprint density at radius 3 is 2.96 bits per heavy atom. The van der Waals surface area contributed by atoms with Gasteiger partial charge in [0.1, 0.15) is 18.2 Å². The fourth-order valence-electron chi connectivity index (χ4n) is 2.37. The van der Waals surface area contributed by atoms with Crippen molar-refractivity contribution in [2.45, 2.75) is 19.4 Å². The molecule has 1 aromatic carbocycles. The van der Waals surface area contributed by atoms with Gasteiger partial charge in [-0.25, -0.2) is 4.79 Å². The average molecular weight is 311 g/mol. The molecule has 0 aliphatic heterocycles. The van der Waals surface area contributed by atoms with Gasteiger partial charge in [-0.1, -0.05) is 19.1 Å². The predicted octanol–water partition coefficient (Wildman–Crippen LogP) is 3.05. The molecule has 0 spiro atoms. The first kappa shape index (κ1) is 15.0. The van der Waals surface area contributed by atoms with Crippen LogP contribution in [0.3, 0.4) is 0 Å². The largest absolute Gasteiger partial charge is 0.497 e. The highest BCUT2D eigenvalue weighted by Crippen LogP contribution is 2.25. The molecule has 0 fully saturated rings. The Hall–Kier alpha value is -2.89. The Kier molecular flexibility index (Phi) is 4.23. The fraction of sp³-hybridized carbons (Fsp3) is 0.235. The molecular formula is C17H17N3O3. The Morgan fingerprint density at radius 1 is 1.30 bits per heavy atom. The van der Waals surface area contributed by atoms with Gasteiger partial charge in [0.15, 0.2) is 5.65 Å². The van der Waals surface area contributed by atoms with E-state index in [2.05, 4.69) is 10.2 Å². The molecule has 6 nitrogen and oxygen atoms in total. The maximum absolute atomic E-state index is 12.4. The first-order valence-electron chi connectivity index (χ1n) is 7.35. The maximum atomic E-state index is 12.4. The van der Waals surface area contributed by atoms with E-state index in [4.69, 9.17) is 9.47 Å². The van der Waals surface area contributed by atoms with E-state index >= 15 is 0 Å². The van der Waals surface area contributed by atoms with Gasteiger partial charge in [-0.2, -0.15) is 0 Å². The van der Waals surface area contributed by atoms with Crippen molar-refractivity contribution in [2.24, 2.45) is 0 Å². The quantitative estimate of drug-likeness (QED) is 0.678. The summed E-state index contributed by atoms with van der Waals surface area (Å²) in [6.45, 7) is 1.97. The zero-order chi connectivity index (χ0) is 16.2. The van der Waals surface area contributed by atoms with Gasteiger partial charge in [-0.05, 0) is 36.2 Å². The Balaban J connectivity index is 1.81. The van der Waals surface area contributed by atoms with Crippen molar-refractivity contribution in [2.75, 3.05) is 7.11 Å². The second-order valence-electron chi connectivity index (χ2n) is 5.09. The van der Waals surface area contributed by atoms with Crippen LogP contribution in [0.1, 0.15) is 35.4 Å². The van der Waals surface area contributed by atoms with E-state index in [9.17, 15) is 4.79 Å². The first-order chi connectivity index (χ1) is 11.2. The van der Waals surface area contributed by atoms with Crippen LogP contribution >= 0.6 is 0 Å². The zero-order valence-corrected chi connectivity index (χ0v) is 13.0. The minimum absolute atomic E-state index is 0.325. The number of carbonyl (C=O) groups excluding carboxylic acids is 1. The lowest BCUT2D eigenvalue weighted by Crippen LogP contribution is -2.12. The van der Waals surface area contributed by atoms with Gasteiger partial charge in [0.05, 0.1) is 12.7 Å². The molecule has 6 heteroatoms. The van der Waals surface area contributed by atoms with Gasteiger partial charge in [-0.15, -0.1) is 10.2 Å². The number of nitrogens with zero attached hydrogens (tertiary/aromatic N) is 3. The van der Waals surface area contributed by atoms with E-state index < -0.39 is 0 Å². The summed E-state index contributed by atoms with van der Waals surface area (Å²) in [5.74, 6) is 0.359. The molecule has 0 radical (unpaired) electrons. The van der Waals surface area contributed by atoms with E-state index in [0.29, 0.717) is 17.6 Å². The van der Waals surface area contributed by atoms with Crippen LogP contribution in [0, 0.1) is 0 Å². The number of aromatic nitrogens is 3. The smallest absolute Gasteiger partial charge is 0.340 e. The molecule has 0 N–H and O–H groups in total. The summed E-state index contributed by atoms with van der Waals surface area (Å²) in [6, 6.07) is 11.0. The summed E-state index contributed by atoms with van der Waals surface area (Å²) < 4.78 is 12.6. The Labute approximate surface area is 133 Å². The van der Waals surface area contributed by atoms with Gasteiger partial charge in [0.2, 0.25) is 0 Å². The third-order valence-electron chi connectivity index (χ3n) is 3.61. The van der Waals surface area contributed by atoms with Crippen molar-refractivity contribution in [3.8, 4) is 5.75 Å². The van der Waals surface area contributed by atoms with Crippen LogP contribution in [-0.2, 0) is 4.74 Å². The molecule has 0 unspecified atom stereocenters. The van der Waals surface area contributed by atoms with Crippen molar-refractivity contribution in [1.82, 2.24) is 14.6 Å². The highest BCUT2D eigenvalue weighted by atomic mass is 16.5. The summed E-state index contributed by atoms with van der Waals surface area (Å²) in [5.41, 5.74) is 2.05. The summed E-state index contributed by atoms with van der Waals surface area (Å²) in [6.07, 6.45) is 3.56. The van der Waals surface area contributed by atoms with Crippen LogP contribution in [0.5, 0.6) is 5.75 Å². The number of benzene rings is 1. The molecule has 118 valence electrons. The molecular weight excluding hydrogens is 294 g/mol. The number of carbonyl (C=O) groups is 1. The van der Waals surface area contributed by atoms with Crippen LogP contribution < -0.4 is 4.74 Å². The molecule has 0 aliphatic rings. The van der Waals surface area contributed by atoms with Crippen molar-refractivity contribution in [1.29, 1.82) is 0 Å². The Bertz CT molecular complexity index is 829. The summed E-state index contributed by atoms with van der Waals surface area (Å²) in [4.78, 5) is 12.4. The number of fused-ring (bicyclic) bond motifs is 1. The monoisotopic (exact) mass is 311 g/mol. The van der Waals surface area contributed by atoms with E-state index in [-0.39, 0.29) is 12.1 Å². The number of esters is 1. The average Bonchev–Trinajstić information content (AvgIpc) is 3.07. The molecule has 0 bridgehead atoms. The SMILES string of the molecule is CC[C@@H](OC(=O)c1ccc2nncn2c1)c1cccc(OC)c1. The van der Waals surface area contributed by atoms with Crippen LogP contribution in [0.25, 0.3) is 5.65 Å². The summed E-state index contributed by atoms with van der Waals surface area (Å²) >= 11 is 0. The van der Waals surface area contributed by atoms with Crippen molar-refractivity contribution in [3.63, 3.8) is 0 Å². The van der Waals surface area contributed by atoms with Gasteiger partial charge >= 0.3 is 5.97 Å². The summed E-state index contributed by atoms with van der Waals surface area (Å²) in [5, 5.41) is 7.70. The zero-order valence-electron chi connectivity index (χ0n) is 13.0. The van der Waals surface area contributed by atoms with E-state index in [0.717, 1.165) is 11.3 Å². The third kappa shape index (κ3) is 3.15. The minimum Gasteiger partial charge on any atom is -0.497 e. The normalized spacial score (nSPS) is 12.1. The number of rotatable bonds is 5. The maximum Gasteiger partial charge on any atom is 0.340 e. The molecule has 0 aliphatic carbocycles. The molecule has 3 rings (SSSR count). The fourth-order valence-corrected chi connectivity index (χ4v) is 2.37. The molecule has 0 saturated heterocycles. The van der Waals surface area contributed by atoms with Gasteiger partial charge in [-0.3, -0.25) is 4.40 Å². The molecule has 3 aromatic rings. The highest BCUT2D eigenvalue weighted by molar-refractivity contribution is 5.89. The van der Waals surface area contributed by atoms with Crippen LogP contribution in [0.15, 0.2) is 48.9 Å². The van der Waals surface area contributed by atoms with Crippen molar-refractivity contribution < 1.29 is 14.3 Å². The molecule has 2 aromatic heterocycles. The van der Waals surface area contributed by atoms with E-state index in [1.807, 2.05) is 31.2 Å². The first-order valence-corrected chi connectivity index (χ1v) is 7.35. The van der Waals surface area contributed by atoms with E-state index in [1.165, 1.54) is 0 Å². The molecule has 0 amide bonds. The Morgan fingerprint density at radius 2 is 2.17 bits per heavy atom. The van der Waals surface area contributed by atoms with Gasteiger partial charge in [0.25, 0.3) is 0 Å².